The summed E-state index contributed by atoms with van der Waals surface area (Å²) in [5, 5.41) is 18.0. The van der Waals surface area contributed by atoms with Gasteiger partial charge in [-0.05, 0) is 6.92 Å². The van der Waals surface area contributed by atoms with Crippen molar-refractivity contribution in [1.82, 2.24) is 42.5 Å². The normalized spacial score (nSPS) is 9.48. The molecule has 184 valence electrons. The Morgan fingerprint density at radius 3 is 0.939 bits per heavy atom. The highest BCUT2D eigenvalue weighted by Crippen LogP contribution is 1.73. The van der Waals surface area contributed by atoms with Crippen LogP contribution in [0, 0.1) is 0 Å². The molecule has 0 saturated heterocycles. The van der Waals surface area contributed by atoms with Gasteiger partial charge in [-0.25, -0.2) is 0 Å². The first-order chi connectivity index (χ1) is 15.7. The number of carbonyl (C=O) groups is 8. The summed E-state index contributed by atoms with van der Waals surface area (Å²) in [6, 6.07) is 0. The van der Waals surface area contributed by atoms with Gasteiger partial charge < -0.3 is 42.5 Å². The predicted octanol–water partition coefficient (Wildman–Crippen LogP) is -6.43. The molecule has 0 radical (unpaired) electrons. The van der Waals surface area contributed by atoms with Crippen LogP contribution >= 0.6 is 0 Å². The van der Waals surface area contributed by atoms with E-state index < -0.39 is 68.2 Å². The van der Waals surface area contributed by atoms with Gasteiger partial charge in [-0.3, -0.25) is 38.4 Å². The van der Waals surface area contributed by atoms with E-state index in [1.165, 1.54) is 0 Å². The highest BCUT2D eigenvalue weighted by atomic mass is 16.2. The molecule has 33 heavy (non-hydrogen) atoms. The number of hydrogen-bond donors (Lipinski definition) is 8. The second-order valence-electron chi connectivity index (χ2n) is 6.11. The van der Waals surface area contributed by atoms with Gasteiger partial charge in [0, 0.05) is 6.54 Å². The minimum atomic E-state index is -0.694. The smallest absolute Gasteiger partial charge is 0.239 e. The van der Waals surface area contributed by atoms with E-state index in [9.17, 15) is 38.4 Å². The molecule has 8 N–H and O–H groups in total. The first-order valence-corrected chi connectivity index (χ1v) is 9.71. The standard InChI is InChI=1S/C17H28N8O8/c1-2-19-12(28)4-21-14(30)6-23-16(32)8-25-17(33)9-24-15(31)7-22-13(29)5-20-11(27)3-18-10-26/h10H,2-9H2,1H3,(H,18,26)(H,19,28)(H,20,27)(H,21,30)(H,22,29)(H,23,32)(H,24,31)(H,25,33). The maximum atomic E-state index is 11.6. The molecule has 0 saturated carbocycles. The molecule has 0 spiro atoms. The van der Waals surface area contributed by atoms with Crippen molar-refractivity contribution in [3.8, 4) is 0 Å². The van der Waals surface area contributed by atoms with Crippen LogP contribution in [-0.4, -0.2) is 100 Å². The fourth-order valence-corrected chi connectivity index (χ4v) is 1.84. The fraction of sp³-hybridized carbons (Fsp3) is 0.529. The first-order valence-electron chi connectivity index (χ1n) is 9.71. The van der Waals surface area contributed by atoms with Gasteiger partial charge in [-0.2, -0.15) is 0 Å². The molecule has 0 aromatic rings. The monoisotopic (exact) mass is 472 g/mol. The van der Waals surface area contributed by atoms with Crippen LogP contribution in [0.15, 0.2) is 0 Å². The maximum absolute atomic E-state index is 11.6. The Morgan fingerprint density at radius 2 is 0.697 bits per heavy atom. The molecule has 0 aliphatic heterocycles. The summed E-state index contributed by atoms with van der Waals surface area (Å²) >= 11 is 0. The molecule has 0 aliphatic carbocycles. The summed E-state index contributed by atoms with van der Waals surface area (Å²) in [6.45, 7) is -0.562. The van der Waals surface area contributed by atoms with Crippen molar-refractivity contribution in [2.75, 3.05) is 52.4 Å². The fourth-order valence-electron chi connectivity index (χ4n) is 1.84. The molecule has 0 fully saturated rings. The van der Waals surface area contributed by atoms with E-state index in [-0.39, 0.29) is 19.0 Å². The van der Waals surface area contributed by atoms with Gasteiger partial charge in [-0.15, -0.1) is 0 Å². The molecule has 0 rings (SSSR count). The lowest BCUT2D eigenvalue weighted by atomic mass is 10.4. The average molecular weight is 472 g/mol. The molecular formula is C17H28N8O8. The van der Waals surface area contributed by atoms with Crippen molar-refractivity contribution in [3.05, 3.63) is 0 Å². The zero-order valence-electron chi connectivity index (χ0n) is 18.0. The number of likely N-dealkylation sites (N-methyl/N-ethyl adjacent to an activating group) is 1. The van der Waals surface area contributed by atoms with Gasteiger partial charge >= 0.3 is 0 Å². The zero-order chi connectivity index (χ0) is 25.1. The molecule has 0 bridgehead atoms. The van der Waals surface area contributed by atoms with E-state index in [0.29, 0.717) is 13.0 Å². The lowest BCUT2D eigenvalue weighted by Crippen LogP contribution is -2.47. The molecule has 0 aromatic heterocycles. The third-order valence-corrected chi connectivity index (χ3v) is 3.40. The van der Waals surface area contributed by atoms with Crippen molar-refractivity contribution in [1.29, 1.82) is 0 Å². The number of rotatable bonds is 16. The summed E-state index contributed by atoms with van der Waals surface area (Å²) in [5.41, 5.74) is 0. The van der Waals surface area contributed by atoms with Crippen LogP contribution in [0.3, 0.4) is 0 Å². The van der Waals surface area contributed by atoms with E-state index in [1.807, 2.05) is 0 Å². The van der Waals surface area contributed by atoms with Crippen molar-refractivity contribution < 1.29 is 38.4 Å². The van der Waals surface area contributed by atoms with E-state index >= 15 is 0 Å². The number of hydrogen-bond acceptors (Lipinski definition) is 8. The minimum absolute atomic E-state index is 0.229. The second kappa shape index (κ2) is 17.4. The van der Waals surface area contributed by atoms with E-state index in [0.717, 1.165) is 0 Å². The van der Waals surface area contributed by atoms with Crippen LogP contribution in [-0.2, 0) is 38.4 Å². The van der Waals surface area contributed by atoms with Gasteiger partial charge in [0.1, 0.15) is 0 Å². The Morgan fingerprint density at radius 1 is 0.455 bits per heavy atom. The molecule has 0 aliphatic rings. The predicted molar refractivity (Wildman–Crippen MR) is 111 cm³/mol. The molecule has 0 unspecified atom stereocenters. The number of carbonyl (C=O) groups excluding carboxylic acids is 8. The van der Waals surface area contributed by atoms with Crippen LogP contribution in [0.4, 0.5) is 0 Å². The van der Waals surface area contributed by atoms with Crippen molar-refractivity contribution in [2.24, 2.45) is 0 Å². The quantitative estimate of drug-likeness (QED) is 0.100. The lowest BCUT2D eigenvalue weighted by Gasteiger charge is -2.09. The maximum Gasteiger partial charge on any atom is 0.239 e. The number of amides is 8. The second-order valence-corrected chi connectivity index (χ2v) is 6.11. The largest absolute Gasteiger partial charge is 0.355 e. The molecule has 0 atom stereocenters. The molecule has 8 amide bonds. The van der Waals surface area contributed by atoms with Crippen LogP contribution in [0.1, 0.15) is 6.92 Å². The summed E-state index contributed by atoms with van der Waals surface area (Å²) in [6.07, 6.45) is 0.323. The molecule has 16 heteroatoms. The van der Waals surface area contributed by atoms with Crippen molar-refractivity contribution in [3.63, 3.8) is 0 Å². The van der Waals surface area contributed by atoms with Crippen molar-refractivity contribution in [2.45, 2.75) is 6.92 Å². The Balaban J connectivity index is 3.89. The van der Waals surface area contributed by atoms with Gasteiger partial charge in [0.05, 0.1) is 45.8 Å². The van der Waals surface area contributed by atoms with Crippen molar-refractivity contribution >= 4 is 47.8 Å². The molecule has 16 nitrogen and oxygen atoms in total. The van der Waals surface area contributed by atoms with Crippen LogP contribution in [0.5, 0.6) is 0 Å². The van der Waals surface area contributed by atoms with Gasteiger partial charge in [0.25, 0.3) is 0 Å². The first kappa shape index (κ1) is 28.8. The van der Waals surface area contributed by atoms with Crippen LogP contribution < -0.4 is 42.5 Å². The Hall–Kier alpha value is -4.24. The molecule has 0 aromatic carbocycles. The number of nitrogens with one attached hydrogen (secondary N) is 8. The van der Waals surface area contributed by atoms with Gasteiger partial charge in [-0.1, -0.05) is 0 Å². The lowest BCUT2D eigenvalue weighted by molar-refractivity contribution is -0.129. The van der Waals surface area contributed by atoms with Crippen LogP contribution in [0.2, 0.25) is 0 Å². The summed E-state index contributed by atoms with van der Waals surface area (Å²) in [5.74, 6) is -4.28. The summed E-state index contributed by atoms with van der Waals surface area (Å²) in [4.78, 5) is 90.2. The third kappa shape index (κ3) is 17.2. The molecular weight excluding hydrogens is 444 g/mol. The zero-order valence-corrected chi connectivity index (χ0v) is 18.0. The molecule has 0 heterocycles. The SMILES string of the molecule is CCNC(=O)CNC(=O)CNC(=O)CNC(=O)CNC(=O)CNC(=O)CNC(=O)CNC=O. The Bertz CT molecular complexity index is 743. The highest BCUT2D eigenvalue weighted by molar-refractivity contribution is 5.92. The average Bonchev–Trinajstić information content (AvgIpc) is 2.79. The van der Waals surface area contributed by atoms with E-state index in [2.05, 4.69) is 42.5 Å². The Labute approximate surface area is 188 Å². The van der Waals surface area contributed by atoms with Gasteiger partial charge in [0.2, 0.25) is 47.8 Å². The van der Waals surface area contributed by atoms with E-state index in [4.69, 9.17) is 0 Å². The van der Waals surface area contributed by atoms with Crippen LogP contribution in [0.25, 0.3) is 0 Å². The summed E-state index contributed by atoms with van der Waals surface area (Å²) < 4.78 is 0. The topological polar surface area (TPSA) is 233 Å². The summed E-state index contributed by atoms with van der Waals surface area (Å²) in [7, 11) is 0. The highest BCUT2D eigenvalue weighted by Gasteiger charge is 2.11. The minimum Gasteiger partial charge on any atom is -0.355 e. The van der Waals surface area contributed by atoms with Gasteiger partial charge in [0.15, 0.2) is 0 Å². The van der Waals surface area contributed by atoms with E-state index in [1.54, 1.807) is 6.92 Å². The Kier molecular flexibility index (Phi) is 15.2. The third-order valence-electron chi connectivity index (χ3n) is 3.40.